The lowest BCUT2D eigenvalue weighted by Crippen LogP contribution is -2.25. The van der Waals surface area contributed by atoms with Crippen LogP contribution in [0.3, 0.4) is 0 Å². The van der Waals surface area contributed by atoms with Gasteiger partial charge in [-0.3, -0.25) is 4.90 Å². The first kappa shape index (κ1) is 18.6. The molecule has 0 aliphatic rings. The third kappa shape index (κ3) is 4.63. The molecule has 8 nitrogen and oxygen atoms in total. The SMILES string of the molecule is COC(=O)c1ccc(CN(C)C(C)c2nc(N)nc(N(C)C)n2)cc1. The van der Waals surface area contributed by atoms with Gasteiger partial charge in [0.15, 0.2) is 5.82 Å². The minimum atomic E-state index is -0.342. The highest BCUT2D eigenvalue weighted by Crippen LogP contribution is 2.20. The maximum absolute atomic E-state index is 11.5. The molecule has 25 heavy (non-hydrogen) atoms. The third-order valence-electron chi connectivity index (χ3n) is 3.90. The van der Waals surface area contributed by atoms with E-state index in [1.807, 2.05) is 40.2 Å². The summed E-state index contributed by atoms with van der Waals surface area (Å²) in [5.74, 6) is 1.01. The van der Waals surface area contributed by atoms with Crippen molar-refractivity contribution in [2.45, 2.75) is 19.5 Å². The molecule has 0 saturated carbocycles. The lowest BCUT2D eigenvalue weighted by molar-refractivity contribution is 0.0600. The van der Waals surface area contributed by atoms with E-state index in [0.717, 1.165) is 5.56 Å². The molecule has 0 radical (unpaired) electrons. The van der Waals surface area contributed by atoms with Crippen molar-refractivity contribution >= 4 is 17.9 Å². The number of carbonyl (C=O) groups is 1. The van der Waals surface area contributed by atoms with E-state index >= 15 is 0 Å². The zero-order valence-corrected chi connectivity index (χ0v) is 15.2. The fraction of sp³-hybridized carbons (Fsp3) is 0.412. The molecule has 0 saturated heterocycles. The molecule has 2 N–H and O–H groups in total. The molecule has 2 aromatic rings. The van der Waals surface area contributed by atoms with Crippen LogP contribution in [0.15, 0.2) is 24.3 Å². The highest BCUT2D eigenvalue weighted by atomic mass is 16.5. The first-order chi connectivity index (χ1) is 11.8. The molecule has 1 aromatic carbocycles. The molecule has 0 fully saturated rings. The highest BCUT2D eigenvalue weighted by Gasteiger charge is 2.18. The number of nitrogen functional groups attached to an aromatic ring is 1. The van der Waals surface area contributed by atoms with Crippen LogP contribution in [-0.4, -0.2) is 54.1 Å². The fourth-order valence-corrected chi connectivity index (χ4v) is 2.27. The molecular weight excluding hydrogens is 320 g/mol. The van der Waals surface area contributed by atoms with Gasteiger partial charge in [-0.25, -0.2) is 4.79 Å². The van der Waals surface area contributed by atoms with Gasteiger partial charge in [0.05, 0.1) is 18.7 Å². The van der Waals surface area contributed by atoms with Crippen LogP contribution in [0.2, 0.25) is 0 Å². The summed E-state index contributed by atoms with van der Waals surface area (Å²) in [6, 6.07) is 7.27. The van der Waals surface area contributed by atoms with E-state index in [2.05, 4.69) is 19.9 Å². The van der Waals surface area contributed by atoms with E-state index in [-0.39, 0.29) is 18.0 Å². The number of rotatable bonds is 6. The van der Waals surface area contributed by atoms with Crippen LogP contribution in [0.5, 0.6) is 0 Å². The highest BCUT2D eigenvalue weighted by molar-refractivity contribution is 5.89. The Kier molecular flexibility index (Phi) is 5.87. The first-order valence-electron chi connectivity index (χ1n) is 7.88. The summed E-state index contributed by atoms with van der Waals surface area (Å²) < 4.78 is 4.71. The summed E-state index contributed by atoms with van der Waals surface area (Å²) >= 11 is 0. The van der Waals surface area contributed by atoms with Crippen LogP contribution < -0.4 is 10.6 Å². The van der Waals surface area contributed by atoms with Crippen molar-refractivity contribution in [1.29, 1.82) is 0 Å². The smallest absolute Gasteiger partial charge is 0.337 e. The number of ether oxygens (including phenoxy) is 1. The number of aromatic nitrogens is 3. The largest absolute Gasteiger partial charge is 0.465 e. The number of esters is 1. The summed E-state index contributed by atoms with van der Waals surface area (Å²) in [5.41, 5.74) is 7.39. The minimum absolute atomic E-state index is 0.0516. The second-order valence-corrected chi connectivity index (χ2v) is 6.03. The lowest BCUT2D eigenvalue weighted by atomic mass is 10.1. The van der Waals surface area contributed by atoms with Crippen LogP contribution in [0.25, 0.3) is 0 Å². The number of anilines is 2. The summed E-state index contributed by atoms with van der Waals surface area (Å²) in [7, 11) is 7.06. The Morgan fingerprint density at radius 3 is 2.36 bits per heavy atom. The van der Waals surface area contributed by atoms with Crippen LogP contribution in [-0.2, 0) is 11.3 Å². The molecule has 0 amide bonds. The zero-order chi connectivity index (χ0) is 18.6. The van der Waals surface area contributed by atoms with Gasteiger partial charge in [-0.15, -0.1) is 0 Å². The number of hydrogen-bond donors (Lipinski definition) is 1. The topological polar surface area (TPSA) is 97.5 Å². The molecule has 0 aliphatic heterocycles. The molecule has 8 heteroatoms. The summed E-state index contributed by atoms with van der Waals surface area (Å²) in [6.45, 7) is 2.68. The van der Waals surface area contributed by atoms with Gasteiger partial charge >= 0.3 is 5.97 Å². The Hall–Kier alpha value is -2.74. The molecule has 1 unspecified atom stereocenters. The summed E-state index contributed by atoms with van der Waals surface area (Å²) in [4.78, 5) is 28.2. The standard InChI is InChI=1S/C17H24N6O2/c1-11(14-19-16(18)21-17(20-14)22(2)3)23(4)10-12-6-8-13(9-7-12)15(24)25-5/h6-9,11H,10H2,1-5H3,(H2,18,19,20,21). The lowest BCUT2D eigenvalue weighted by Gasteiger charge is -2.24. The number of methoxy groups -OCH3 is 1. The van der Waals surface area contributed by atoms with Gasteiger partial charge in [-0.1, -0.05) is 12.1 Å². The number of carbonyl (C=O) groups excluding carboxylic acids is 1. The predicted octanol–water partition coefficient (Wildman–Crippen LogP) is 1.50. The molecule has 0 aliphatic carbocycles. The van der Waals surface area contributed by atoms with Crippen LogP contribution in [0, 0.1) is 0 Å². The van der Waals surface area contributed by atoms with E-state index < -0.39 is 0 Å². The molecule has 1 atom stereocenters. The van der Waals surface area contributed by atoms with Crippen molar-refractivity contribution in [3.63, 3.8) is 0 Å². The molecule has 134 valence electrons. The Bertz CT molecular complexity index is 732. The maximum Gasteiger partial charge on any atom is 0.337 e. The second-order valence-electron chi connectivity index (χ2n) is 6.03. The van der Waals surface area contributed by atoms with Crippen molar-refractivity contribution in [2.75, 3.05) is 38.9 Å². The Balaban J connectivity index is 2.12. The normalized spacial score (nSPS) is 12.1. The quantitative estimate of drug-likeness (QED) is 0.787. The average Bonchev–Trinajstić information content (AvgIpc) is 2.60. The average molecular weight is 344 g/mol. The zero-order valence-electron chi connectivity index (χ0n) is 15.2. The summed E-state index contributed by atoms with van der Waals surface area (Å²) in [5, 5.41) is 0. The summed E-state index contributed by atoms with van der Waals surface area (Å²) in [6.07, 6.45) is 0. The first-order valence-corrected chi connectivity index (χ1v) is 7.88. The van der Waals surface area contributed by atoms with Crippen molar-refractivity contribution in [3.8, 4) is 0 Å². The van der Waals surface area contributed by atoms with E-state index in [4.69, 9.17) is 10.5 Å². The van der Waals surface area contributed by atoms with Gasteiger partial charge in [0.1, 0.15) is 0 Å². The molecule has 1 aromatic heterocycles. The van der Waals surface area contributed by atoms with Crippen LogP contribution in [0.1, 0.15) is 34.7 Å². The Morgan fingerprint density at radius 1 is 1.16 bits per heavy atom. The minimum Gasteiger partial charge on any atom is -0.465 e. The third-order valence-corrected chi connectivity index (χ3v) is 3.90. The van der Waals surface area contributed by atoms with Crippen molar-refractivity contribution < 1.29 is 9.53 Å². The monoisotopic (exact) mass is 344 g/mol. The number of nitrogens with zero attached hydrogens (tertiary/aromatic N) is 5. The fourth-order valence-electron chi connectivity index (χ4n) is 2.27. The molecule has 1 heterocycles. The van der Waals surface area contributed by atoms with Gasteiger partial charge in [-0.05, 0) is 31.7 Å². The van der Waals surface area contributed by atoms with Crippen LogP contribution in [0.4, 0.5) is 11.9 Å². The number of hydrogen-bond acceptors (Lipinski definition) is 8. The number of nitrogens with two attached hydrogens (primary N) is 1. The van der Waals surface area contributed by atoms with Crippen molar-refractivity contribution in [2.24, 2.45) is 0 Å². The van der Waals surface area contributed by atoms with E-state index in [1.165, 1.54) is 7.11 Å². The van der Waals surface area contributed by atoms with Crippen molar-refractivity contribution in [3.05, 3.63) is 41.2 Å². The van der Waals surface area contributed by atoms with E-state index in [0.29, 0.717) is 23.9 Å². The maximum atomic E-state index is 11.5. The van der Waals surface area contributed by atoms with Crippen LogP contribution >= 0.6 is 0 Å². The Labute approximate surface area is 147 Å². The van der Waals surface area contributed by atoms with E-state index in [9.17, 15) is 4.79 Å². The number of benzene rings is 1. The van der Waals surface area contributed by atoms with Gasteiger partial charge in [-0.2, -0.15) is 15.0 Å². The van der Waals surface area contributed by atoms with Gasteiger partial charge < -0.3 is 15.4 Å². The van der Waals surface area contributed by atoms with Gasteiger partial charge in [0, 0.05) is 20.6 Å². The predicted molar refractivity (Wildman–Crippen MR) is 96.2 cm³/mol. The van der Waals surface area contributed by atoms with Crippen molar-refractivity contribution in [1.82, 2.24) is 19.9 Å². The molecule has 2 rings (SSSR count). The van der Waals surface area contributed by atoms with Gasteiger partial charge in [0.25, 0.3) is 0 Å². The molecular formula is C17H24N6O2. The second kappa shape index (κ2) is 7.89. The molecule has 0 spiro atoms. The Morgan fingerprint density at radius 2 is 1.80 bits per heavy atom. The van der Waals surface area contributed by atoms with E-state index in [1.54, 1.807) is 17.0 Å². The molecule has 0 bridgehead atoms. The van der Waals surface area contributed by atoms with Gasteiger partial charge in [0.2, 0.25) is 11.9 Å².